The van der Waals surface area contributed by atoms with E-state index in [0.29, 0.717) is 42.4 Å². The number of hydrogen-bond acceptors (Lipinski definition) is 3. The minimum absolute atomic E-state index is 0.0463. The molecule has 0 N–H and O–H groups in total. The van der Waals surface area contributed by atoms with Crippen molar-refractivity contribution in [3.63, 3.8) is 0 Å². The van der Waals surface area contributed by atoms with Gasteiger partial charge in [0.1, 0.15) is 0 Å². The van der Waals surface area contributed by atoms with E-state index in [0.717, 1.165) is 30.4 Å². The van der Waals surface area contributed by atoms with Gasteiger partial charge in [-0.1, -0.05) is 42.3 Å². The largest absolute Gasteiger partial charge is 0.341 e. The average molecular weight is 435 g/mol. The Labute approximate surface area is 178 Å². The maximum Gasteiger partial charge on any atom is 0.243 e. The second kappa shape index (κ2) is 9.74. The predicted octanol–water partition coefficient (Wildman–Crippen LogP) is 4.11. The van der Waals surface area contributed by atoms with E-state index in [9.17, 15) is 13.2 Å². The van der Waals surface area contributed by atoms with Gasteiger partial charge in [-0.05, 0) is 54.7 Å². The standard InChI is InChI=1S/C22H27ClN2O3S/c1-24(17-19-5-10-20(23)11-6-19)22(26)14-9-18-7-12-21(13-8-18)29(27,28)25-15-3-2-4-16-25/h5-8,10-13H,2-4,9,14-17H2,1H3. The van der Waals surface area contributed by atoms with E-state index in [2.05, 4.69) is 0 Å². The van der Waals surface area contributed by atoms with Crippen LogP contribution in [0.5, 0.6) is 0 Å². The van der Waals surface area contributed by atoms with Crippen molar-refractivity contribution < 1.29 is 13.2 Å². The minimum atomic E-state index is -3.41. The summed E-state index contributed by atoms with van der Waals surface area (Å²) in [7, 11) is -1.63. The van der Waals surface area contributed by atoms with Crippen LogP contribution >= 0.6 is 11.6 Å². The Morgan fingerprint density at radius 2 is 1.55 bits per heavy atom. The van der Waals surface area contributed by atoms with Crippen molar-refractivity contribution in [2.24, 2.45) is 0 Å². The van der Waals surface area contributed by atoms with Gasteiger partial charge in [0.25, 0.3) is 0 Å². The lowest BCUT2D eigenvalue weighted by Gasteiger charge is -2.25. The molecule has 0 atom stereocenters. The summed E-state index contributed by atoms with van der Waals surface area (Å²) in [6.45, 7) is 1.72. The smallest absolute Gasteiger partial charge is 0.243 e. The Kier molecular flexibility index (Phi) is 7.33. The molecule has 1 fully saturated rings. The van der Waals surface area contributed by atoms with Gasteiger partial charge in [0, 0.05) is 38.1 Å². The van der Waals surface area contributed by atoms with Crippen LogP contribution < -0.4 is 0 Å². The molecule has 0 saturated carbocycles. The zero-order chi connectivity index (χ0) is 20.9. The Hall–Kier alpha value is -1.89. The van der Waals surface area contributed by atoms with Crippen molar-refractivity contribution in [1.82, 2.24) is 9.21 Å². The fraction of sp³-hybridized carbons (Fsp3) is 0.409. The molecule has 1 aliphatic heterocycles. The predicted molar refractivity (Wildman–Crippen MR) is 115 cm³/mol. The quantitative estimate of drug-likeness (QED) is 0.659. The zero-order valence-corrected chi connectivity index (χ0v) is 18.3. The highest BCUT2D eigenvalue weighted by atomic mass is 35.5. The lowest BCUT2D eigenvalue weighted by atomic mass is 10.1. The summed E-state index contributed by atoms with van der Waals surface area (Å²) >= 11 is 5.89. The number of rotatable bonds is 7. The van der Waals surface area contributed by atoms with Crippen molar-refractivity contribution in [3.05, 3.63) is 64.7 Å². The number of nitrogens with zero attached hydrogens (tertiary/aromatic N) is 2. The number of halogens is 1. The van der Waals surface area contributed by atoms with E-state index in [1.54, 1.807) is 28.4 Å². The molecular weight excluding hydrogens is 408 g/mol. The highest BCUT2D eigenvalue weighted by Crippen LogP contribution is 2.21. The number of carbonyl (C=O) groups excluding carboxylic acids is 1. The van der Waals surface area contributed by atoms with Crippen LogP contribution in [0, 0.1) is 0 Å². The van der Waals surface area contributed by atoms with Crippen LogP contribution in [0.15, 0.2) is 53.4 Å². The molecule has 0 aliphatic carbocycles. The van der Waals surface area contributed by atoms with Crippen molar-refractivity contribution in [2.45, 2.75) is 43.5 Å². The third kappa shape index (κ3) is 5.81. The van der Waals surface area contributed by atoms with Crippen molar-refractivity contribution >= 4 is 27.5 Å². The lowest BCUT2D eigenvalue weighted by Crippen LogP contribution is -2.35. The summed E-state index contributed by atoms with van der Waals surface area (Å²) < 4.78 is 27.0. The Balaban J connectivity index is 1.54. The molecule has 0 bridgehead atoms. The first-order chi connectivity index (χ1) is 13.9. The number of carbonyl (C=O) groups is 1. The van der Waals surface area contributed by atoms with Crippen LogP contribution in [-0.2, 0) is 27.8 Å². The number of benzene rings is 2. The first kappa shape index (κ1) is 21.8. The van der Waals surface area contributed by atoms with Crippen LogP contribution in [-0.4, -0.2) is 43.7 Å². The van der Waals surface area contributed by atoms with Crippen LogP contribution in [0.3, 0.4) is 0 Å². The van der Waals surface area contributed by atoms with Gasteiger partial charge in [-0.15, -0.1) is 0 Å². The fourth-order valence-electron chi connectivity index (χ4n) is 3.48. The summed E-state index contributed by atoms with van der Waals surface area (Å²) in [6.07, 6.45) is 3.88. The summed E-state index contributed by atoms with van der Waals surface area (Å²) in [5.74, 6) is 0.0463. The molecule has 5 nitrogen and oxygen atoms in total. The molecule has 1 amide bonds. The second-order valence-electron chi connectivity index (χ2n) is 7.48. The van der Waals surface area contributed by atoms with E-state index < -0.39 is 10.0 Å². The molecule has 3 rings (SSSR count). The third-order valence-corrected chi connectivity index (χ3v) is 7.43. The van der Waals surface area contributed by atoms with E-state index in [-0.39, 0.29) is 5.91 Å². The first-order valence-corrected chi connectivity index (χ1v) is 11.8. The minimum Gasteiger partial charge on any atom is -0.341 e. The average Bonchev–Trinajstić information content (AvgIpc) is 2.74. The Morgan fingerprint density at radius 1 is 0.966 bits per heavy atom. The monoisotopic (exact) mass is 434 g/mol. The molecule has 1 heterocycles. The second-order valence-corrected chi connectivity index (χ2v) is 9.86. The summed E-state index contributed by atoms with van der Waals surface area (Å²) in [5.41, 5.74) is 1.98. The normalized spacial score (nSPS) is 15.2. The molecule has 7 heteroatoms. The molecule has 0 unspecified atom stereocenters. The van der Waals surface area contributed by atoms with Gasteiger partial charge in [0.05, 0.1) is 4.90 Å². The van der Waals surface area contributed by atoms with Gasteiger partial charge in [0.15, 0.2) is 0 Å². The third-order valence-electron chi connectivity index (χ3n) is 5.26. The first-order valence-electron chi connectivity index (χ1n) is 9.94. The number of piperidine rings is 1. The van der Waals surface area contributed by atoms with Crippen molar-refractivity contribution in [2.75, 3.05) is 20.1 Å². The molecule has 0 aromatic heterocycles. The number of aryl methyl sites for hydroxylation is 1. The van der Waals surface area contributed by atoms with Crippen LogP contribution in [0.25, 0.3) is 0 Å². The Morgan fingerprint density at radius 3 is 2.17 bits per heavy atom. The fourth-order valence-corrected chi connectivity index (χ4v) is 5.12. The van der Waals surface area contributed by atoms with Gasteiger partial charge in [-0.25, -0.2) is 8.42 Å². The molecule has 1 saturated heterocycles. The molecule has 29 heavy (non-hydrogen) atoms. The molecule has 2 aromatic carbocycles. The highest BCUT2D eigenvalue weighted by molar-refractivity contribution is 7.89. The van der Waals surface area contributed by atoms with E-state index in [4.69, 9.17) is 11.6 Å². The van der Waals surface area contributed by atoms with Gasteiger partial charge < -0.3 is 4.90 Å². The molecular formula is C22H27ClN2O3S. The number of sulfonamides is 1. The summed E-state index contributed by atoms with van der Waals surface area (Å²) in [5, 5.41) is 0.675. The highest BCUT2D eigenvalue weighted by Gasteiger charge is 2.25. The van der Waals surface area contributed by atoms with Crippen molar-refractivity contribution in [3.8, 4) is 0 Å². The van der Waals surface area contributed by atoms with E-state index >= 15 is 0 Å². The maximum absolute atomic E-state index is 12.7. The van der Waals surface area contributed by atoms with Crippen LogP contribution in [0.2, 0.25) is 5.02 Å². The van der Waals surface area contributed by atoms with Crippen LogP contribution in [0.1, 0.15) is 36.8 Å². The number of hydrogen-bond donors (Lipinski definition) is 0. The lowest BCUT2D eigenvalue weighted by molar-refractivity contribution is -0.130. The topological polar surface area (TPSA) is 57.7 Å². The maximum atomic E-state index is 12.7. The molecule has 0 spiro atoms. The molecule has 1 aliphatic rings. The zero-order valence-electron chi connectivity index (χ0n) is 16.7. The SMILES string of the molecule is CN(Cc1ccc(Cl)cc1)C(=O)CCc1ccc(S(=O)(=O)N2CCCCC2)cc1. The van der Waals surface area contributed by atoms with Gasteiger partial charge in [-0.3, -0.25) is 4.79 Å². The van der Waals surface area contributed by atoms with Gasteiger partial charge in [-0.2, -0.15) is 4.31 Å². The summed E-state index contributed by atoms with van der Waals surface area (Å²) in [6, 6.07) is 14.4. The van der Waals surface area contributed by atoms with Gasteiger partial charge >= 0.3 is 0 Å². The molecule has 156 valence electrons. The number of amides is 1. The van der Waals surface area contributed by atoms with E-state index in [1.165, 1.54) is 0 Å². The Bertz CT molecular complexity index is 922. The van der Waals surface area contributed by atoms with Gasteiger partial charge in [0.2, 0.25) is 15.9 Å². The summed E-state index contributed by atoms with van der Waals surface area (Å²) in [4.78, 5) is 14.4. The molecule has 0 radical (unpaired) electrons. The van der Waals surface area contributed by atoms with E-state index in [1.807, 2.05) is 36.4 Å². The van der Waals surface area contributed by atoms with Crippen LogP contribution in [0.4, 0.5) is 0 Å². The van der Waals surface area contributed by atoms with Crippen molar-refractivity contribution in [1.29, 1.82) is 0 Å². The molecule has 2 aromatic rings.